The predicted molar refractivity (Wildman–Crippen MR) is 475 cm³/mol. The summed E-state index contributed by atoms with van der Waals surface area (Å²) >= 11 is 0. The van der Waals surface area contributed by atoms with Crippen LogP contribution in [0.3, 0.4) is 0 Å². The Hall–Kier alpha value is -10.0. The van der Waals surface area contributed by atoms with E-state index in [0.717, 1.165) is 61.2 Å². The van der Waals surface area contributed by atoms with Crippen LogP contribution in [0.25, 0.3) is 10.4 Å². The van der Waals surface area contributed by atoms with E-state index >= 15 is 0 Å². The fraction of sp³-hybridized carbons (Fsp3) is 0.371. The summed E-state index contributed by atoms with van der Waals surface area (Å²) in [5.74, 6) is -1.69. The van der Waals surface area contributed by atoms with Crippen LogP contribution in [0.1, 0.15) is 82.0 Å². The summed E-state index contributed by atoms with van der Waals surface area (Å²) in [6, 6.07) is 108. The summed E-state index contributed by atoms with van der Waals surface area (Å²) in [5.41, 5.74) is 21.4. The van der Waals surface area contributed by atoms with Crippen molar-refractivity contribution in [2.45, 2.75) is 222 Å². The van der Waals surface area contributed by atoms with Gasteiger partial charge in [0.05, 0.1) is 98.6 Å². The number of fused-ring (bicyclic) bond motifs is 1. The standard InChI is InChI=1S/C105H113N3O19/c1-73-89(111-61-76-41-19-6-20-42-76)90(112-62-77-43-21-7-22-44-77)85(70-109-59-74-37-15-4-16-38-74)121-102(73)120-72-87-91(113-63-78-45-23-8-24-46-78)94(115-65-80-49-27-10-28-50-80)101(119-69-84-57-35-14-36-58-84)104(123-87)124-92-86(71-110-60-75-39-17-5-18-40-75)122-103(88(107-108-106)93(92)114-64-79-47-25-9-26-48-79)125-98-96(117-67-82-53-31-12-32-54-82)95(116-66-81-51-29-11-30-52-81)97(99-100(98)127-105(2,3)126-99)118-68-83-55-33-13-34-56-83/h4-58,73,85-104H,59-72H2,1-3H3. The Balaban J connectivity index is 0.800. The highest BCUT2D eigenvalue weighted by atomic mass is 16.8. The lowest BCUT2D eigenvalue weighted by Crippen LogP contribution is -2.68. The van der Waals surface area contributed by atoms with Crippen LogP contribution < -0.4 is 0 Å². The minimum Gasteiger partial charge on any atom is -0.374 e. The summed E-state index contributed by atoms with van der Waals surface area (Å²) in [7, 11) is 0. The fourth-order valence-electron chi connectivity index (χ4n) is 17.1. The lowest BCUT2D eigenvalue weighted by Gasteiger charge is -2.51. The van der Waals surface area contributed by atoms with Crippen molar-refractivity contribution in [2.75, 3.05) is 19.8 Å². The van der Waals surface area contributed by atoms with Gasteiger partial charge in [-0.15, -0.1) is 0 Å². The van der Waals surface area contributed by atoms with Crippen LogP contribution in [0.15, 0.2) is 339 Å². The van der Waals surface area contributed by atoms with Gasteiger partial charge < -0.3 is 90.0 Å². The molecule has 11 aromatic rings. The fourth-order valence-corrected chi connectivity index (χ4v) is 17.1. The Bertz CT molecular complexity index is 5020. The molecule has 21 atom stereocenters. The van der Waals surface area contributed by atoms with Crippen molar-refractivity contribution in [3.63, 3.8) is 0 Å². The molecule has 5 fully saturated rings. The first-order chi connectivity index (χ1) is 62.6. The van der Waals surface area contributed by atoms with Crippen molar-refractivity contribution in [3.05, 3.63) is 405 Å². The Morgan fingerprint density at radius 1 is 0.260 bits per heavy atom. The zero-order chi connectivity index (χ0) is 86.6. The van der Waals surface area contributed by atoms with Crippen molar-refractivity contribution in [3.8, 4) is 0 Å². The van der Waals surface area contributed by atoms with Crippen LogP contribution in [0.2, 0.25) is 0 Å². The van der Waals surface area contributed by atoms with E-state index in [1.54, 1.807) is 0 Å². The molecule has 1 aliphatic carbocycles. The zero-order valence-electron chi connectivity index (χ0n) is 71.9. The predicted octanol–water partition coefficient (Wildman–Crippen LogP) is 18.5. The van der Waals surface area contributed by atoms with Crippen molar-refractivity contribution in [1.82, 2.24) is 0 Å². The van der Waals surface area contributed by atoms with Gasteiger partial charge in [0.1, 0.15) is 97.6 Å². The number of hydrogen-bond acceptors (Lipinski definition) is 20. The van der Waals surface area contributed by atoms with Gasteiger partial charge in [0.2, 0.25) is 0 Å². The van der Waals surface area contributed by atoms with E-state index in [1.807, 2.05) is 347 Å². The topological polar surface area (TPSA) is 224 Å². The molecule has 127 heavy (non-hydrogen) atoms. The van der Waals surface area contributed by atoms with Crippen LogP contribution in [0.4, 0.5) is 0 Å². The Kier molecular flexibility index (Phi) is 32.9. The van der Waals surface area contributed by atoms with E-state index in [1.165, 1.54) is 0 Å². The highest BCUT2D eigenvalue weighted by Crippen LogP contribution is 2.46. The first kappa shape index (κ1) is 90.3. The van der Waals surface area contributed by atoms with E-state index in [4.69, 9.17) is 95.1 Å². The van der Waals surface area contributed by atoms with E-state index in [-0.39, 0.29) is 85.9 Å². The molecule has 21 unspecified atom stereocenters. The van der Waals surface area contributed by atoms with Gasteiger partial charge in [0.15, 0.2) is 24.7 Å². The van der Waals surface area contributed by atoms with Crippen molar-refractivity contribution >= 4 is 0 Å². The third-order valence-corrected chi connectivity index (χ3v) is 23.5. The summed E-state index contributed by atoms with van der Waals surface area (Å²) in [6.45, 7) is 7.35. The van der Waals surface area contributed by atoms with Gasteiger partial charge in [-0.1, -0.05) is 346 Å². The average molecular weight is 1720 g/mol. The minimum absolute atomic E-state index is 0.00868. The second-order valence-corrected chi connectivity index (χ2v) is 33.1. The molecule has 0 bridgehead atoms. The number of ether oxygens (including phenoxy) is 19. The van der Waals surface area contributed by atoms with Gasteiger partial charge in [-0.25, -0.2) is 0 Å². The molecule has 22 nitrogen and oxygen atoms in total. The van der Waals surface area contributed by atoms with E-state index in [2.05, 4.69) is 11.8 Å². The second-order valence-electron chi connectivity index (χ2n) is 33.1. The molecular formula is C105H113N3O19. The highest BCUT2D eigenvalue weighted by Gasteiger charge is 2.63. The normalized spacial score (nSPS) is 27.4. The third-order valence-electron chi connectivity index (χ3n) is 23.5. The quantitative estimate of drug-likeness (QED) is 0.0197. The van der Waals surface area contributed by atoms with Crippen molar-refractivity contribution in [2.24, 2.45) is 11.0 Å². The first-order valence-electron chi connectivity index (χ1n) is 44.0. The minimum atomic E-state index is -1.48. The van der Waals surface area contributed by atoms with Gasteiger partial charge in [-0.3, -0.25) is 0 Å². The Morgan fingerprint density at radius 2 is 0.512 bits per heavy atom. The average Bonchev–Trinajstić information content (AvgIpc) is 1.63. The van der Waals surface area contributed by atoms with Crippen molar-refractivity contribution in [1.29, 1.82) is 0 Å². The monoisotopic (exact) mass is 1720 g/mol. The van der Waals surface area contributed by atoms with Gasteiger partial charge in [-0.05, 0) is 80.6 Å². The van der Waals surface area contributed by atoms with E-state index in [0.29, 0.717) is 6.61 Å². The SMILES string of the molecule is CC1C(OCC2OC(OC3C(COCc4ccccc4)OC(OC4C(OCc5ccccc5)C(OCc5ccccc5)C(OCc5ccccc5)C5OC(C)(C)OC45)C(N=[N+]=[N-])C3OCc3ccccc3)C(OCc3ccccc3)C(OCc3ccccc3)C2OCc2ccccc2)OC(COCc2ccccc2)C(OCc2ccccc2)C1OCc1ccccc1. The molecular weight excluding hydrogens is 1610 g/mol. The molecule has 662 valence electrons. The van der Waals surface area contributed by atoms with Gasteiger partial charge >= 0.3 is 0 Å². The van der Waals surface area contributed by atoms with Crippen LogP contribution in [0.5, 0.6) is 0 Å². The lowest BCUT2D eigenvalue weighted by atomic mass is 9.83. The molecule has 0 amide bonds. The summed E-state index contributed by atoms with van der Waals surface area (Å²) in [6.07, 6.45) is -19.4. The number of nitrogens with zero attached hydrogens (tertiary/aromatic N) is 3. The molecule has 4 heterocycles. The molecule has 22 heteroatoms. The molecule has 0 N–H and O–H groups in total. The number of azide groups is 1. The maximum absolute atomic E-state index is 11.4. The Labute approximate surface area is 743 Å². The molecule has 0 aromatic heterocycles. The van der Waals surface area contributed by atoms with Crippen LogP contribution in [-0.4, -0.2) is 148 Å². The molecule has 4 saturated heterocycles. The summed E-state index contributed by atoms with van der Waals surface area (Å²) < 4.78 is 139. The zero-order valence-corrected chi connectivity index (χ0v) is 71.9. The molecule has 16 rings (SSSR count). The second kappa shape index (κ2) is 46.3. The van der Waals surface area contributed by atoms with Gasteiger partial charge in [0, 0.05) is 10.8 Å². The third kappa shape index (κ3) is 25.1. The van der Waals surface area contributed by atoms with Crippen LogP contribution in [0, 0.1) is 5.92 Å². The number of hydrogen-bond donors (Lipinski definition) is 0. The molecule has 0 spiro atoms. The maximum atomic E-state index is 11.4. The van der Waals surface area contributed by atoms with E-state index in [9.17, 15) is 5.53 Å². The van der Waals surface area contributed by atoms with Crippen LogP contribution >= 0.6 is 0 Å². The summed E-state index contributed by atoms with van der Waals surface area (Å²) in [5, 5.41) is 4.72. The molecule has 4 aliphatic heterocycles. The Morgan fingerprint density at radius 3 is 0.874 bits per heavy atom. The molecule has 5 aliphatic rings. The molecule has 11 aromatic carbocycles. The van der Waals surface area contributed by atoms with E-state index < -0.39 is 134 Å². The summed E-state index contributed by atoms with van der Waals surface area (Å²) in [4.78, 5) is 3.65. The van der Waals surface area contributed by atoms with Crippen molar-refractivity contribution < 1.29 is 90.0 Å². The van der Waals surface area contributed by atoms with Gasteiger partial charge in [-0.2, -0.15) is 0 Å². The maximum Gasteiger partial charge on any atom is 0.187 e. The number of benzene rings is 11. The first-order valence-corrected chi connectivity index (χ1v) is 44.0. The molecule has 1 saturated carbocycles. The number of rotatable bonds is 43. The van der Waals surface area contributed by atoms with Gasteiger partial charge in [0.25, 0.3) is 0 Å². The lowest BCUT2D eigenvalue weighted by molar-refractivity contribution is -0.375. The van der Waals surface area contributed by atoms with Crippen LogP contribution in [-0.2, 0) is 163 Å². The smallest absolute Gasteiger partial charge is 0.187 e. The molecule has 0 radical (unpaired) electrons. The largest absolute Gasteiger partial charge is 0.374 e. The highest BCUT2D eigenvalue weighted by molar-refractivity contribution is 5.23.